The number of carboxylic acids is 1. The number of likely N-dealkylation sites (tertiary alicyclic amines) is 1. The summed E-state index contributed by atoms with van der Waals surface area (Å²) in [7, 11) is 0. The molecule has 1 aromatic carbocycles. The number of amides is 1. The summed E-state index contributed by atoms with van der Waals surface area (Å²) in [6.45, 7) is 6.56. The van der Waals surface area contributed by atoms with Crippen molar-refractivity contribution in [3.8, 4) is 0 Å². The molecular weight excluding hydrogens is 318 g/mol. The van der Waals surface area contributed by atoms with Gasteiger partial charge in [0.15, 0.2) is 0 Å². The van der Waals surface area contributed by atoms with E-state index in [4.69, 9.17) is 9.52 Å². The topological polar surface area (TPSA) is 70.7 Å². The van der Waals surface area contributed by atoms with Crippen molar-refractivity contribution in [1.29, 1.82) is 0 Å². The van der Waals surface area contributed by atoms with Gasteiger partial charge in [-0.1, -0.05) is 30.3 Å². The summed E-state index contributed by atoms with van der Waals surface area (Å²) < 4.78 is 5.34. The number of carboxylic acid groups (broad SMARTS) is 1. The van der Waals surface area contributed by atoms with Crippen LogP contribution in [0.5, 0.6) is 0 Å². The van der Waals surface area contributed by atoms with Crippen LogP contribution in [0, 0.1) is 6.92 Å². The Balaban J connectivity index is 1.91. The van der Waals surface area contributed by atoms with Gasteiger partial charge in [0.05, 0.1) is 11.8 Å². The predicted octanol–water partition coefficient (Wildman–Crippen LogP) is 3.62. The largest absolute Gasteiger partial charge is 0.481 e. The van der Waals surface area contributed by atoms with Gasteiger partial charge in [-0.2, -0.15) is 0 Å². The Morgan fingerprint density at radius 3 is 2.60 bits per heavy atom. The molecule has 5 heteroatoms. The molecule has 25 heavy (non-hydrogen) atoms. The van der Waals surface area contributed by atoms with E-state index in [9.17, 15) is 9.59 Å². The molecule has 132 valence electrons. The lowest BCUT2D eigenvalue weighted by Crippen LogP contribution is -2.45. The summed E-state index contributed by atoms with van der Waals surface area (Å²) in [6, 6.07) is 10.2. The van der Waals surface area contributed by atoms with Crippen LogP contribution in [0.2, 0.25) is 0 Å². The normalized spacial score (nSPS) is 19.2. The van der Waals surface area contributed by atoms with Gasteiger partial charge in [-0.05, 0) is 32.8 Å². The summed E-state index contributed by atoms with van der Waals surface area (Å²) in [5.41, 5.74) is 1.93. The molecule has 5 nitrogen and oxygen atoms in total. The van der Waals surface area contributed by atoms with Crippen molar-refractivity contribution in [2.24, 2.45) is 0 Å². The third-order valence-electron chi connectivity index (χ3n) is 5.21. The second-order valence-electron chi connectivity index (χ2n) is 7.15. The number of aliphatic carboxylic acids is 1. The standard InChI is InChI=1S/C20H23NO4/c1-13-12-25-16(11-17(22)23)18(13)19(24)21-10-9-15(20(21,2)3)14-7-5-4-6-8-14/h4-8,12,15H,9-11H2,1-3H3,(H,22,23). The highest BCUT2D eigenvalue weighted by Gasteiger charge is 2.45. The van der Waals surface area contributed by atoms with Crippen LogP contribution in [0.25, 0.3) is 0 Å². The highest BCUT2D eigenvalue weighted by atomic mass is 16.4. The van der Waals surface area contributed by atoms with Crippen LogP contribution in [0.3, 0.4) is 0 Å². The van der Waals surface area contributed by atoms with Crippen LogP contribution in [-0.2, 0) is 11.2 Å². The van der Waals surface area contributed by atoms with Gasteiger partial charge < -0.3 is 14.4 Å². The van der Waals surface area contributed by atoms with Crippen LogP contribution in [0.4, 0.5) is 0 Å². The van der Waals surface area contributed by atoms with E-state index in [1.165, 1.54) is 11.8 Å². The molecule has 1 atom stereocenters. The minimum Gasteiger partial charge on any atom is -0.481 e. The maximum absolute atomic E-state index is 13.2. The monoisotopic (exact) mass is 341 g/mol. The molecule has 1 saturated heterocycles. The zero-order chi connectivity index (χ0) is 18.2. The minimum absolute atomic E-state index is 0.147. The molecule has 2 heterocycles. The van der Waals surface area contributed by atoms with Crippen molar-refractivity contribution >= 4 is 11.9 Å². The van der Waals surface area contributed by atoms with Crippen LogP contribution < -0.4 is 0 Å². The number of rotatable bonds is 4. The molecule has 1 fully saturated rings. The predicted molar refractivity (Wildman–Crippen MR) is 93.7 cm³/mol. The average Bonchev–Trinajstić information content (AvgIpc) is 3.06. The number of carbonyl (C=O) groups excluding carboxylic acids is 1. The van der Waals surface area contributed by atoms with Crippen LogP contribution in [0.1, 0.15) is 53.4 Å². The van der Waals surface area contributed by atoms with E-state index in [0.29, 0.717) is 17.7 Å². The fourth-order valence-electron chi connectivity index (χ4n) is 3.90. The number of nitrogens with zero attached hydrogens (tertiary/aromatic N) is 1. The molecule has 1 unspecified atom stereocenters. The third kappa shape index (κ3) is 3.06. The highest BCUT2D eigenvalue weighted by molar-refractivity contribution is 5.98. The molecular formula is C20H23NO4. The maximum Gasteiger partial charge on any atom is 0.311 e. The molecule has 1 amide bonds. The van der Waals surface area contributed by atoms with Crippen LogP contribution >= 0.6 is 0 Å². The van der Waals surface area contributed by atoms with E-state index in [0.717, 1.165) is 6.42 Å². The third-order valence-corrected chi connectivity index (χ3v) is 5.21. The van der Waals surface area contributed by atoms with Crippen molar-refractivity contribution in [2.45, 2.75) is 45.1 Å². The molecule has 1 aliphatic heterocycles. The lowest BCUT2D eigenvalue weighted by Gasteiger charge is -2.36. The maximum atomic E-state index is 13.2. The quantitative estimate of drug-likeness (QED) is 0.922. The average molecular weight is 341 g/mol. The lowest BCUT2D eigenvalue weighted by atomic mass is 9.82. The first-order valence-electron chi connectivity index (χ1n) is 8.48. The number of hydrogen-bond donors (Lipinski definition) is 1. The second-order valence-corrected chi connectivity index (χ2v) is 7.15. The van der Waals surface area contributed by atoms with Gasteiger partial charge >= 0.3 is 5.97 Å². The van der Waals surface area contributed by atoms with Crippen molar-refractivity contribution in [1.82, 2.24) is 4.90 Å². The van der Waals surface area contributed by atoms with E-state index in [1.54, 1.807) is 6.92 Å². The van der Waals surface area contributed by atoms with E-state index in [2.05, 4.69) is 26.0 Å². The Hall–Kier alpha value is -2.56. The number of hydrogen-bond acceptors (Lipinski definition) is 3. The zero-order valence-electron chi connectivity index (χ0n) is 14.8. The summed E-state index contributed by atoms with van der Waals surface area (Å²) in [4.78, 5) is 26.1. The Morgan fingerprint density at radius 1 is 1.28 bits per heavy atom. The van der Waals surface area contributed by atoms with E-state index in [1.807, 2.05) is 23.1 Å². The Bertz CT molecular complexity index is 791. The molecule has 1 aliphatic rings. The number of carbonyl (C=O) groups is 2. The van der Waals surface area contributed by atoms with Crippen molar-refractivity contribution in [3.63, 3.8) is 0 Å². The Labute approximate surface area is 147 Å². The molecule has 0 spiro atoms. The molecule has 0 radical (unpaired) electrons. The van der Waals surface area contributed by atoms with Crippen molar-refractivity contribution in [2.75, 3.05) is 6.54 Å². The smallest absolute Gasteiger partial charge is 0.311 e. The first kappa shape index (κ1) is 17.3. The lowest BCUT2D eigenvalue weighted by molar-refractivity contribution is -0.136. The fraction of sp³-hybridized carbons (Fsp3) is 0.400. The SMILES string of the molecule is Cc1coc(CC(=O)O)c1C(=O)N1CCC(c2ccccc2)C1(C)C. The fourth-order valence-corrected chi connectivity index (χ4v) is 3.90. The Morgan fingerprint density at radius 2 is 1.96 bits per heavy atom. The molecule has 0 aliphatic carbocycles. The van der Waals surface area contributed by atoms with Crippen LogP contribution in [0.15, 0.2) is 41.0 Å². The number of aryl methyl sites for hydroxylation is 1. The minimum atomic E-state index is -1.01. The second kappa shape index (κ2) is 6.39. The van der Waals surface area contributed by atoms with Crippen LogP contribution in [-0.4, -0.2) is 34.0 Å². The summed E-state index contributed by atoms with van der Waals surface area (Å²) in [5, 5.41) is 9.06. The Kier molecular flexibility index (Phi) is 4.41. The van der Waals surface area contributed by atoms with Gasteiger partial charge in [0.1, 0.15) is 12.2 Å². The number of benzene rings is 1. The van der Waals surface area contributed by atoms with Gasteiger partial charge in [0.25, 0.3) is 5.91 Å². The van der Waals surface area contributed by atoms with Gasteiger partial charge in [-0.15, -0.1) is 0 Å². The van der Waals surface area contributed by atoms with Crippen molar-refractivity contribution < 1.29 is 19.1 Å². The molecule has 0 saturated carbocycles. The van der Waals surface area contributed by atoms with Gasteiger partial charge in [0.2, 0.25) is 0 Å². The van der Waals surface area contributed by atoms with Gasteiger partial charge in [-0.3, -0.25) is 9.59 Å². The summed E-state index contributed by atoms with van der Waals surface area (Å²) >= 11 is 0. The summed E-state index contributed by atoms with van der Waals surface area (Å²) in [5.74, 6) is -0.682. The zero-order valence-corrected chi connectivity index (χ0v) is 14.8. The molecule has 3 rings (SSSR count). The number of furan rings is 1. The highest BCUT2D eigenvalue weighted by Crippen LogP contribution is 2.42. The van der Waals surface area contributed by atoms with Gasteiger partial charge in [0, 0.05) is 23.6 Å². The first-order chi connectivity index (χ1) is 11.8. The van der Waals surface area contributed by atoms with E-state index >= 15 is 0 Å². The van der Waals surface area contributed by atoms with E-state index < -0.39 is 5.97 Å². The van der Waals surface area contributed by atoms with Gasteiger partial charge in [-0.25, -0.2) is 0 Å². The molecule has 1 N–H and O–H groups in total. The molecule has 1 aromatic heterocycles. The van der Waals surface area contributed by atoms with E-state index in [-0.39, 0.29) is 29.5 Å². The summed E-state index contributed by atoms with van der Waals surface area (Å²) in [6.07, 6.45) is 2.06. The van der Waals surface area contributed by atoms with Crippen molar-refractivity contribution in [3.05, 3.63) is 59.0 Å². The first-order valence-corrected chi connectivity index (χ1v) is 8.48. The molecule has 0 bridgehead atoms. The molecule has 2 aromatic rings.